The normalized spacial score (nSPS) is 11.0. The molecule has 0 amide bonds. The minimum atomic E-state index is 0.435. The van der Waals surface area contributed by atoms with Crippen molar-refractivity contribution in [3.8, 4) is 5.75 Å². The predicted molar refractivity (Wildman–Crippen MR) is 88.3 cm³/mol. The first-order valence-electron chi connectivity index (χ1n) is 6.80. The number of imidazole rings is 1. The van der Waals surface area contributed by atoms with E-state index in [4.69, 9.17) is 10.5 Å². The SMILES string of the molecule is CCn1c(COc2ccc(N)cc2)nc2cc(Br)ccc21. The maximum absolute atomic E-state index is 5.80. The first-order valence-corrected chi connectivity index (χ1v) is 7.59. The largest absolute Gasteiger partial charge is 0.486 e. The van der Waals surface area contributed by atoms with E-state index in [9.17, 15) is 0 Å². The minimum absolute atomic E-state index is 0.435. The van der Waals surface area contributed by atoms with Crippen LogP contribution in [0.4, 0.5) is 5.69 Å². The van der Waals surface area contributed by atoms with Gasteiger partial charge in [0.2, 0.25) is 0 Å². The lowest BCUT2D eigenvalue weighted by Crippen LogP contribution is -2.05. The number of hydrogen-bond acceptors (Lipinski definition) is 3. The number of ether oxygens (including phenoxy) is 1. The molecule has 1 heterocycles. The van der Waals surface area contributed by atoms with Gasteiger partial charge in [0.05, 0.1) is 11.0 Å². The first-order chi connectivity index (χ1) is 10.2. The summed E-state index contributed by atoms with van der Waals surface area (Å²) in [7, 11) is 0. The lowest BCUT2D eigenvalue weighted by molar-refractivity contribution is 0.291. The molecule has 0 unspecified atom stereocenters. The van der Waals surface area contributed by atoms with Crippen LogP contribution in [0.15, 0.2) is 46.9 Å². The van der Waals surface area contributed by atoms with Gasteiger partial charge in [0, 0.05) is 16.7 Å². The van der Waals surface area contributed by atoms with E-state index in [1.165, 1.54) is 0 Å². The highest BCUT2D eigenvalue weighted by Crippen LogP contribution is 2.22. The Morgan fingerprint density at radius 1 is 1.19 bits per heavy atom. The van der Waals surface area contributed by atoms with Gasteiger partial charge in [-0.2, -0.15) is 0 Å². The van der Waals surface area contributed by atoms with Crippen molar-refractivity contribution in [3.63, 3.8) is 0 Å². The molecular weight excluding hydrogens is 330 g/mol. The number of halogens is 1. The zero-order valence-electron chi connectivity index (χ0n) is 11.7. The molecule has 1 aromatic heterocycles. The molecule has 108 valence electrons. The molecule has 5 heteroatoms. The highest BCUT2D eigenvalue weighted by atomic mass is 79.9. The van der Waals surface area contributed by atoms with Gasteiger partial charge in [-0.05, 0) is 49.4 Å². The molecule has 0 spiro atoms. The zero-order chi connectivity index (χ0) is 14.8. The predicted octanol–water partition coefficient (Wildman–Crippen LogP) is 3.98. The second-order valence-electron chi connectivity index (χ2n) is 4.76. The van der Waals surface area contributed by atoms with E-state index >= 15 is 0 Å². The number of rotatable bonds is 4. The van der Waals surface area contributed by atoms with Crippen molar-refractivity contribution in [3.05, 3.63) is 52.8 Å². The number of aryl methyl sites for hydroxylation is 1. The topological polar surface area (TPSA) is 53.1 Å². The summed E-state index contributed by atoms with van der Waals surface area (Å²) in [6, 6.07) is 13.5. The van der Waals surface area contributed by atoms with Gasteiger partial charge in [0.25, 0.3) is 0 Å². The number of nitrogen functional groups attached to an aromatic ring is 1. The van der Waals surface area contributed by atoms with Gasteiger partial charge in [-0.3, -0.25) is 0 Å². The van der Waals surface area contributed by atoms with Crippen LogP contribution < -0.4 is 10.5 Å². The van der Waals surface area contributed by atoms with Crippen LogP contribution in [0.2, 0.25) is 0 Å². The van der Waals surface area contributed by atoms with Crippen molar-refractivity contribution < 1.29 is 4.74 Å². The lowest BCUT2D eigenvalue weighted by atomic mass is 10.3. The Labute approximate surface area is 131 Å². The Morgan fingerprint density at radius 3 is 2.67 bits per heavy atom. The molecule has 0 aliphatic heterocycles. The maximum atomic E-state index is 5.80. The van der Waals surface area contributed by atoms with Crippen LogP contribution in [0, 0.1) is 0 Å². The summed E-state index contributed by atoms with van der Waals surface area (Å²) < 4.78 is 8.99. The molecule has 3 aromatic rings. The van der Waals surface area contributed by atoms with Crippen LogP contribution in [0.3, 0.4) is 0 Å². The Hall–Kier alpha value is -2.01. The van der Waals surface area contributed by atoms with E-state index in [2.05, 4.69) is 38.5 Å². The molecule has 0 aliphatic rings. The number of aromatic nitrogens is 2. The summed E-state index contributed by atoms with van der Waals surface area (Å²) in [5.74, 6) is 1.71. The van der Waals surface area contributed by atoms with Crippen LogP contribution in [0.1, 0.15) is 12.7 Å². The summed E-state index contributed by atoms with van der Waals surface area (Å²) in [6.45, 7) is 3.40. The average molecular weight is 346 g/mol. The van der Waals surface area contributed by atoms with Crippen LogP contribution >= 0.6 is 15.9 Å². The van der Waals surface area contributed by atoms with Crippen molar-refractivity contribution in [1.82, 2.24) is 9.55 Å². The third-order valence-corrected chi connectivity index (χ3v) is 3.85. The van der Waals surface area contributed by atoms with E-state index in [1.54, 1.807) is 0 Å². The van der Waals surface area contributed by atoms with E-state index < -0.39 is 0 Å². The first kappa shape index (κ1) is 13.9. The van der Waals surface area contributed by atoms with Crippen LogP contribution in [-0.2, 0) is 13.2 Å². The average Bonchev–Trinajstić information content (AvgIpc) is 2.83. The van der Waals surface area contributed by atoms with E-state index in [0.29, 0.717) is 6.61 Å². The van der Waals surface area contributed by atoms with Gasteiger partial charge >= 0.3 is 0 Å². The van der Waals surface area contributed by atoms with Gasteiger partial charge in [-0.15, -0.1) is 0 Å². The molecule has 0 saturated carbocycles. The van der Waals surface area contributed by atoms with E-state index in [0.717, 1.165) is 39.3 Å². The molecule has 0 aliphatic carbocycles. The van der Waals surface area contributed by atoms with Gasteiger partial charge in [-0.1, -0.05) is 15.9 Å². The van der Waals surface area contributed by atoms with E-state index in [-0.39, 0.29) is 0 Å². The molecule has 0 bridgehead atoms. The molecule has 0 saturated heterocycles. The third kappa shape index (κ3) is 2.88. The molecular formula is C16H16BrN3O. The smallest absolute Gasteiger partial charge is 0.147 e. The molecule has 0 fully saturated rings. The highest BCUT2D eigenvalue weighted by molar-refractivity contribution is 9.10. The molecule has 2 aromatic carbocycles. The van der Waals surface area contributed by atoms with Crippen molar-refractivity contribution >= 4 is 32.7 Å². The highest BCUT2D eigenvalue weighted by Gasteiger charge is 2.10. The third-order valence-electron chi connectivity index (χ3n) is 3.35. The number of fused-ring (bicyclic) bond motifs is 1. The molecule has 0 radical (unpaired) electrons. The maximum Gasteiger partial charge on any atom is 0.147 e. The summed E-state index contributed by atoms with van der Waals surface area (Å²) in [5.41, 5.74) is 8.49. The standard InChI is InChI=1S/C16H16BrN3O/c1-2-20-15-8-3-11(17)9-14(15)19-16(20)10-21-13-6-4-12(18)5-7-13/h3-9H,2,10,18H2,1H3. The van der Waals surface area contributed by atoms with Gasteiger partial charge in [0.15, 0.2) is 0 Å². The lowest BCUT2D eigenvalue weighted by Gasteiger charge is -2.08. The number of nitrogens with two attached hydrogens (primary N) is 1. The monoisotopic (exact) mass is 345 g/mol. The summed E-state index contributed by atoms with van der Waals surface area (Å²) in [5, 5.41) is 0. The summed E-state index contributed by atoms with van der Waals surface area (Å²) in [4.78, 5) is 4.66. The van der Waals surface area contributed by atoms with Gasteiger partial charge in [-0.25, -0.2) is 4.98 Å². The van der Waals surface area contributed by atoms with Crippen molar-refractivity contribution in [2.75, 3.05) is 5.73 Å². The number of hydrogen-bond donors (Lipinski definition) is 1. The molecule has 4 nitrogen and oxygen atoms in total. The Balaban J connectivity index is 1.87. The van der Waals surface area contributed by atoms with Gasteiger partial charge in [0.1, 0.15) is 18.2 Å². The van der Waals surface area contributed by atoms with Crippen LogP contribution in [0.25, 0.3) is 11.0 Å². The molecule has 0 atom stereocenters. The quantitative estimate of drug-likeness (QED) is 0.727. The summed E-state index contributed by atoms with van der Waals surface area (Å²) >= 11 is 3.48. The Morgan fingerprint density at radius 2 is 1.95 bits per heavy atom. The zero-order valence-corrected chi connectivity index (χ0v) is 13.3. The summed E-state index contributed by atoms with van der Waals surface area (Å²) in [6.07, 6.45) is 0. The number of anilines is 1. The fourth-order valence-electron chi connectivity index (χ4n) is 2.33. The Kier molecular flexibility index (Phi) is 3.84. The van der Waals surface area contributed by atoms with Crippen molar-refractivity contribution in [2.45, 2.75) is 20.1 Å². The van der Waals surface area contributed by atoms with Crippen molar-refractivity contribution in [2.24, 2.45) is 0 Å². The minimum Gasteiger partial charge on any atom is -0.486 e. The number of nitrogens with zero attached hydrogens (tertiary/aromatic N) is 2. The Bertz CT molecular complexity index is 765. The van der Waals surface area contributed by atoms with Crippen LogP contribution in [-0.4, -0.2) is 9.55 Å². The fourth-order valence-corrected chi connectivity index (χ4v) is 2.68. The second-order valence-corrected chi connectivity index (χ2v) is 5.68. The molecule has 3 rings (SSSR count). The van der Waals surface area contributed by atoms with E-state index in [1.807, 2.05) is 36.4 Å². The van der Waals surface area contributed by atoms with Gasteiger partial charge < -0.3 is 15.0 Å². The fraction of sp³-hybridized carbons (Fsp3) is 0.188. The molecule has 21 heavy (non-hydrogen) atoms. The molecule has 2 N–H and O–H groups in total. The van der Waals surface area contributed by atoms with Crippen LogP contribution in [0.5, 0.6) is 5.75 Å². The van der Waals surface area contributed by atoms with Crippen molar-refractivity contribution in [1.29, 1.82) is 0 Å². The number of benzene rings is 2. The second kappa shape index (κ2) is 5.77.